The number of rotatable bonds is 4. The molecular weight excluding hydrogens is 308 g/mol. The lowest BCUT2D eigenvalue weighted by Crippen LogP contribution is -2.39. The summed E-state index contributed by atoms with van der Waals surface area (Å²) in [5, 5.41) is 3.38. The van der Waals surface area contributed by atoms with Gasteiger partial charge in [0, 0.05) is 44.0 Å². The highest BCUT2D eigenvalue weighted by molar-refractivity contribution is 7.13. The molecule has 1 unspecified atom stereocenters. The number of anilines is 1. The average molecular weight is 330 g/mol. The van der Waals surface area contributed by atoms with Crippen LogP contribution in [0.15, 0.2) is 29.9 Å². The summed E-state index contributed by atoms with van der Waals surface area (Å²) in [4.78, 5) is 14.0. The Hall–Kier alpha value is -1.50. The maximum atomic E-state index is 5.73. The van der Waals surface area contributed by atoms with Gasteiger partial charge < -0.3 is 9.64 Å². The van der Waals surface area contributed by atoms with E-state index < -0.39 is 0 Å². The van der Waals surface area contributed by atoms with Crippen molar-refractivity contribution in [2.24, 2.45) is 0 Å². The molecule has 2 saturated heterocycles. The number of aromatic nitrogens is 2. The Bertz CT molecular complexity index is 627. The van der Waals surface area contributed by atoms with Crippen LogP contribution in [0.1, 0.15) is 30.1 Å². The molecule has 1 atom stereocenters. The highest BCUT2D eigenvalue weighted by Crippen LogP contribution is 2.31. The van der Waals surface area contributed by atoms with E-state index in [-0.39, 0.29) is 6.04 Å². The molecule has 0 amide bonds. The molecule has 2 aromatic heterocycles. The molecule has 2 aliphatic heterocycles. The Morgan fingerprint density at radius 1 is 1.26 bits per heavy atom. The van der Waals surface area contributed by atoms with Gasteiger partial charge in [-0.25, -0.2) is 4.98 Å². The third-order valence-corrected chi connectivity index (χ3v) is 5.50. The molecule has 0 bridgehead atoms. The number of nitrogens with zero attached hydrogens (tertiary/aromatic N) is 4. The molecule has 23 heavy (non-hydrogen) atoms. The topological polar surface area (TPSA) is 41.5 Å². The number of thiazole rings is 1. The summed E-state index contributed by atoms with van der Waals surface area (Å²) < 4.78 is 5.73. The molecule has 0 radical (unpaired) electrons. The standard InChI is InChI=1S/C17H22N4OS/c1-2-7-20(6-1)17-19-15(13-23-17)16-12-22-9-8-21(16)11-14-4-3-5-18-10-14/h3-5,10,13,16H,1-2,6-9,11-12H2. The first-order valence-corrected chi connectivity index (χ1v) is 9.19. The number of pyridine rings is 1. The fraction of sp³-hybridized carbons (Fsp3) is 0.529. The van der Waals surface area contributed by atoms with Gasteiger partial charge >= 0.3 is 0 Å². The minimum atomic E-state index is 0.247. The van der Waals surface area contributed by atoms with Crippen LogP contribution in [0.4, 0.5) is 5.13 Å². The van der Waals surface area contributed by atoms with E-state index in [0.29, 0.717) is 0 Å². The van der Waals surface area contributed by atoms with Gasteiger partial charge in [0.05, 0.1) is 24.9 Å². The lowest BCUT2D eigenvalue weighted by molar-refractivity contribution is -0.0140. The second-order valence-electron chi connectivity index (χ2n) is 6.17. The zero-order valence-electron chi connectivity index (χ0n) is 13.2. The highest BCUT2D eigenvalue weighted by Gasteiger charge is 2.27. The van der Waals surface area contributed by atoms with Crippen molar-refractivity contribution in [3.63, 3.8) is 0 Å². The summed E-state index contributed by atoms with van der Waals surface area (Å²) in [5.41, 5.74) is 2.40. The van der Waals surface area contributed by atoms with E-state index >= 15 is 0 Å². The predicted molar refractivity (Wildman–Crippen MR) is 91.8 cm³/mol. The number of ether oxygens (including phenoxy) is 1. The Morgan fingerprint density at radius 2 is 2.17 bits per heavy atom. The molecule has 4 heterocycles. The lowest BCUT2D eigenvalue weighted by Gasteiger charge is -2.34. The van der Waals surface area contributed by atoms with Crippen LogP contribution in [-0.4, -0.2) is 47.7 Å². The number of morpholine rings is 1. The molecule has 0 aromatic carbocycles. The minimum Gasteiger partial charge on any atom is -0.378 e. The third-order valence-electron chi connectivity index (χ3n) is 4.58. The predicted octanol–water partition coefficient (Wildman–Crippen LogP) is 2.71. The second-order valence-corrected chi connectivity index (χ2v) is 7.01. The second kappa shape index (κ2) is 6.95. The molecule has 122 valence electrons. The lowest BCUT2D eigenvalue weighted by atomic mass is 10.1. The van der Waals surface area contributed by atoms with Gasteiger partial charge in [-0.15, -0.1) is 11.3 Å². The molecule has 6 heteroatoms. The zero-order chi connectivity index (χ0) is 15.5. The first-order chi connectivity index (χ1) is 11.4. The summed E-state index contributed by atoms with van der Waals surface area (Å²) in [5.74, 6) is 0. The van der Waals surface area contributed by atoms with Gasteiger partial charge in [0.25, 0.3) is 0 Å². The summed E-state index contributed by atoms with van der Waals surface area (Å²) in [6.45, 7) is 5.65. The van der Waals surface area contributed by atoms with E-state index in [1.807, 2.05) is 18.5 Å². The summed E-state index contributed by atoms with van der Waals surface area (Å²) in [7, 11) is 0. The molecular formula is C17H22N4OS. The molecule has 0 saturated carbocycles. The minimum absolute atomic E-state index is 0.247. The van der Waals surface area contributed by atoms with E-state index in [1.165, 1.54) is 23.5 Å². The Morgan fingerprint density at radius 3 is 3.00 bits per heavy atom. The largest absolute Gasteiger partial charge is 0.378 e. The van der Waals surface area contributed by atoms with Crippen LogP contribution in [0, 0.1) is 0 Å². The highest BCUT2D eigenvalue weighted by atomic mass is 32.1. The van der Waals surface area contributed by atoms with Gasteiger partial charge in [-0.2, -0.15) is 0 Å². The van der Waals surface area contributed by atoms with Gasteiger partial charge in [0.2, 0.25) is 0 Å². The van der Waals surface area contributed by atoms with Crippen LogP contribution in [0.25, 0.3) is 0 Å². The summed E-state index contributed by atoms with van der Waals surface area (Å²) in [6, 6.07) is 4.38. The molecule has 5 nitrogen and oxygen atoms in total. The molecule has 2 aromatic rings. The van der Waals surface area contributed by atoms with Crippen molar-refractivity contribution >= 4 is 16.5 Å². The summed E-state index contributed by atoms with van der Waals surface area (Å²) >= 11 is 1.77. The first kappa shape index (κ1) is 15.1. The van der Waals surface area contributed by atoms with Crippen LogP contribution in [0.3, 0.4) is 0 Å². The van der Waals surface area contributed by atoms with Crippen molar-refractivity contribution in [2.75, 3.05) is 37.7 Å². The van der Waals surface area contributed by atoms with Crippen LogP contribution < -0.4 is 4.90 Å². The van der Waals surface area contributed by atoms with E-state index in [4.69, 9.17) is 9.72 Å². The monoisotopic (exact) mass is 330 g/mol. The van der Waals surface area contributed by atoms with E-state index in [0.717, 1.165) is 45.1 Å². The molecule has 0 spiro atoms. The van der Waals surface area contributed by atoms with Crippen molar-refractivity contribution in [3.8, 4) is 0 Å². The molecule has 2 fully saturated rings. The van der Waals surface area contributed by atoms with Crippen LogP contribution in [0.5, 0.6) is 0 Å². The van der Waals surface area contributed by atoms with Crippen LogP contribution in [-0.2, 0) is 11.3 Å². The van der Waals surface area contributed by atoms with Crippen molar-refractivity contribution in [3.05, 3.63) is 41.2 Å². The van der Waals surface area contributed by atoms with Gasteiger partial charge in [0.1, 0.15) is 0 Å². The van der Waals surface area contributed by atoms with E-state index in [1.54, 1.807) is 11.3 Å². The maximum Gasteiger partial charge on any atom is 0.185 e. The smallest absolute Gasteiger partial charge is 0.185 e. The van der Waals surface area contributed by atoms with E-state index in [9.17, 15) is 0 Å². The van der Waals surface area contributed by atoms with Crippen LogP contribution in [0.2, 0.25) is 0 Å². The average Bonchev–Trinajstić information content (AvgIpc) is 3.28. The van der Waals surface area contributed by atoms with Gasteiger partial charge in [-0.3, -0.25) is 9.88 Å². The van der Waals surface area contributed by atoms with Gasteiger partial charge in [-0.05, 0) is 24.5 Å². The van der Waals surface area contributed by atoms with Crippen molar-refractivity contribution in [2.45, 2.75) is 25.4 Å². The Balaban J connectivity index is 1.50. The normalized spacial score (nSPS) is 22.6. The fourth-order valence-electron chi connectivity index (χ4n) is 3.31. The number of hydrogen-bond donors (Lipinski definition) is 0. The Kier molecular flexibility index (Phi) is 4.55. The van der Waals surface area contributed by atoms with Crippen molar-refractivity contribution < 1.29 is 4.74 Å². The first-order valence-electron chi connectivity index (χ1n) is 8.31. The zero-order valence-corrected chi connectivity index (χ0v) is 14.0. The van der Waals surface area contributed by atoms with Crippen molar-refractivity contribution in [1.82, 2.24) is 14.9 Å². The molecule has 0 aliphatic carbocycles. The molecule has 0 N–H and O–H groups in total. The Labute approximate surface area is 140 Å². The third kappa shape index (κ3) is 3.39. The molecule has 2 aliphatic rings. The SMILES string of the molecule is c1cncc(CN2CCOCC2c2csc(N3CCCC3)n2)c1. The maximum absolute atomic E-state index is 5.73. The van der Waals surface area contributed by atoms with E-state index in [2.05, 4.69) is 26.2 Å². The quantitative estimate of drug-likeness (QED) is 0.862. The molecule has 4 rings (SSSR count). The van der Waals surface area contributed by atoms with Crippen LogP contribution >= 0.6 is 11.3 Å². The fourth-order valence-corrected chi connectivity index (χ4v) is 4.23. The number of hydrogen-bond acceptors (Lipinski definition) is 6. The van der Waals surface area contributed by atoms with Gasteiger partial charge in [-0.1, -0.05) is 6.07 Å². The summed E-state index contributed by atoms with van der Waals surface area (Å²) in [6.07, 6.45) is 6.34. The van der Waals surface area contributed by atoms with Crippen molar-refractivity contribution in [1.29, 1.82) is 0 Å². The van der Waals surface area contributed by atoms with Gasteiger partial charge in [0.15, 0.2) is 5.13 Å².